The Morgan fingerprint density at radius 2 is 1.42 bits per heavy atom. The molecule has 1 saturated carbocycles. The van der Waals surface area contributed by atoms with E-state index in [1.807, 2.05) is 60.8 Å². The van der Waals surface area contributed by atoms with Crippen LogP contribution >= 0.6 is 0 Å². The number of fused-ring (bicyclic) bond motifs is 2. The zero-order chi connectivity index (χ0) is 46.8. The van der Waals surface area contributed by atoms with Crippen LogP contribution in [-0.4, -0.2) is 101 Å². The number of carbonyl (C=O) groups is 7. The van der Waals surface area contributed by atoms with Crippen LogP contribution in [0.15, 0.2) is 60.8 Å². The molecule has 2 saturated heterocycles. The average molecular weight is 909 g/mol. The second-order valence-corrected chi connectivity index (χ2v) is 18.7. The summed E-state index contributed by atoms with van der Waals surface area (Å²) in [6.07, 6.45) is 15.1. The molecule has 15 heteroatoms. The van der Waals surface area contributed by atoms with Crippen molar-refractivity contribution >= 4 is 52.3 Å². The predicted molar refractivity (Wildman–Crippen MR) is 254 cm³/mol. The zero-order valence-electron chi connectivity index (χ0n) is 39.0. The third kappa shape index (κ3) is 14.4. The van der Waals surface area contributed by atoms with Crippen LogP contribution in [0, 0.1) is 5.92 Å². The van der Waals surface area contributed by atoms with Crippen LogP contribution in [0.4, 0.5) is 0 Å². The second kappa shape index (κ2) is 25.3. The van der Waals surface area contributed by atoms with Crippen molar-refractivity contribution in [2.45, 2.75) is 172 Å². The molecule has 7 amide bonds. The quantitative estimate of drug-likeness (QED) is 0.0976. The number of hydrogen-bond acceptors (Lipinski definition) is 7. The summed E-state index contributed by atoms with van der Waals surface area (Å²) in [5.74, 6) is -3.07. The number of unbranched alkanes of at least 4 members (excludes halogenated alkanes) is 5. The molecule has 7 N–H and O–H groups in total. The molecule has 358 valence electrons. The molecule has 0 bridgehead atoms. The van der Waals surface area contributed by atoms with Gasteiger partial charge >= 0.3 is 0 Å². The van der Waals surface area contributed by atoms with Crippen LogP contribution in [0.3, 0.4) is 0 Å². The Balaban J connectivity index is 1.30. The van der Waals surface area contributed by atoms with Crippen molar-refractivity contribution < 1.29 is 33.6 Å². The van der Waals surface area contributed by atoms with Gasteiger partial charge in [-0.2, -0.15) is 0 Å². The van der Waals surface area contributed by atoms with E-state index in [9.17, 15) is 33.6 Å². The summed E-state index contributed by atoms with van der Waals surface area (Å²) >= 11 is 0. The Morgan fingerprint density at radius 3 is 2.20 bits per heavy atom. The zero-order valence-corrected chi connectivity index (χ0v) is 39.0. The summed E-state index contributed by atoms with van der Waals surface area (Å²) in [6, 6.07) is 11.1. The van der Waals surface area contributed by atoms with E-state index in [2.05, 4.69) is 43.8 Å². The molecule has 0 radical (unpaired) electrons. The lowest BCUT2D eigenvalue weighted by atomic mass is 9.84. The highest BCUT2D eigenvalue weighted by Gasteiger charge is 2.40. The van der Waals surface area contributed by atoms with E-state index in [1.165, 1.54) is 11.8 Å². The maximum absolute atomic E-state index is 14.7. The van der Waals surface area contributed by atoms with E-state index in [4.69, 9.17) is 0 Å². The van der Waals surface area contributed by atoms with Crippen molar-refractivity contribution in [1.29, 1.82) is 0 Å². The lowest BCUT2D eigenvalue weighted by molar-refractivity contribution is -0.142. The number of carbonyl (C=O) groups excluding carboxylic acids is 7. The van der Waals surface area contributed by atoms with Crippen molar-refractivity contribution in [1.82, 2.24) is 41.8 Å². The molecule has 3 fully saturated rings. The summed E-state index contributed by atoms with van der Waals surface area (Å²) in [4.78, 5) is 104. The minimum atomic E-state index is -1.08. The second-order valence-electron chi connectivity index (χ2n) is 18.7. The molecule has 1 aromatic heterocycles. The molecule has 66 heavy (non-hydrogen) atoms. The van der Waals surface area contributed by atoms with Crippen molar-refractivity contribution in [2.75, 3.05) is 13.1 Å². The molecule has 2 aromatic carbocycles. The Bertz CT molecular complexity index is 2100. The summed E-state index contributed by atoms with van der Waals surface area (Å²) < 4.78 is 0. The fraction of sp³-hybridized carbons (Fsp3) is 0.588. The van der Waals surface area contributed by atoms with Gasteiger partial charge in [0.2, 0.25) is 41.4 Å². The summed E-state index contributed by atoms with van der Waals surface area (Å²) in [5, 5.41) is 18.6. The highest BCUT2D eigenvalue weighted by atomic mass is 16.2. The number of amides is 7. The first-order chi connectivity index (χ1) is 32.0. The lowest BCUT2D eigenvalue weighted by Gasteiger charge is -2.32. The van der Waals surface area contributed by atoms with Crippen LogP contribution in [0.1, 0.15) is 134 Å². The third-order valence-electron chi connectivity index (χ3n) is 13.5. The Morgan fingerprint density at radius 1 is 0.727 bits per heavy atom. The minimum Gasteiger partial charge on any atom is -0.361 e. The number of nitrogens with one attached hydrogen (secondary N) is 7. The molecule has 15 nitrogen and oxygen atoms in total. The molecule has 3 aromatic rings. The Kier molecular flexibility index (Phi) is 19.0. The van der Waals surface area contributed by atoms with Crippen LogP contribution < -0.4 is 31.9 Å². The molecule has 1 aliphatic carbocycles. The SMILES string of the molecule is CCCCCCCC[C@@H]1NC(=O)[C@H](Cc2c[nH]c3ccccc23)NC(=O)[C@@H](CC2CCCCC2)NC(=O)[C@@H]2CCCN2C(=O)[C@@H](NC(=O)[C@H](Cc2ccccc2)NC(C)=O)CCCNC1=O. The highest BCUT2D eigenvalue weighted by molar-refractivity contribution is 5.98. The molecule has 6 atom stereocenters. The van der Waals surface area contributed by atoms with E-state index in [0.29, 0.717) is 32.1 Å². The number of para-hydroxylation sites is 1. The van der Waals surface area contributed by atoms with Gasteiger partial charge in [0.05, 0.1) is 0 Å². The molecule has 6 rings (SSSR count). The Labute approximate surface area is 389 Å². The van der Waals surface area contributed by atoms with Crippen LogP contribution in [-0.2, 0) is 46.4 Å². The summed E-state index contributed by atoms with van der Waals surface area (Å²) in [7, 11) is 0. The number of benzene rings is 2. The number of H-pyrrole nitrogens is 1. The van der Waals surface area contributed by atoms with Crippen LogP contribution in [0.2, 0.25) is 0 Å². The predicted octanol–water partition coefficient (Wildman–Crippen LogP) is 5.02. The summed E-state index contributed by atoms with van der Waals surface area (Å²) in [5.41, 5.74) is 2.53. The molecule has 2 aliphatic heterocycles. The van der Waals surface area contributed by atoms with Gasteiger partial charge in [-0.3, -0.25) is 33.6 Å². The van der Waals surface area contributed by atoms with Crippen molar-refractivity contribution in [2.24, 2.45) is 5.92 Å². The van der Waals surface area contributed by atoms with Gasteiger partial charge in [0.15, 0.2) is 0 Å². The maximum atomic E-state index is 14.7. The van der Waals surface area contributed by atoms with Gasteiger partial charge in [0.25, 0.3) is 0 Å². The first-order valence-corrected chi connectivity index (χ1v) is 24.7. The molecule has 3 heterocycles. The van der Waals surface area contributed by atoms with Crippen molar-refractivity contribution in [3.8, 4) is 0 Å². The summed E-state index contributed by atoms with van der Waals surface area (Å²) in [6.45, 7) is 3.90. The minimum absolute atomic E-state index is 0.127. The lowest BCUT2D eigenvalue weighted by Crippen LogP contribution is -2.60. The molecule has 3 aliphatic rings. The van der Waals surface area contributed by atoms with Crippen LogP contribution in [0.25, 0.3) is 10.9 Å². The number of nitrogens with zero attached hydrogens (tertiary/aromatic N) is 1. The third-order valence-corrected chi connectivity index (χ3v) is 13.5. The number of aromatic nitrogens is 1. The largest absolute Gasteiger partial charge is 0.361 e. The van der Waals surface area contributed by atoms with Crippen LogP contribution in [0.5, 0.6) is 0 Å². The van der Waals surface area contributed by atoms with E-state index in [1.54, 1.807) is 0 Å². The fourth-order valence-corrected chi connectivity index (χ4v) is 9.91. The smallest absolute Gasteiger partial charge is 0.245 e. The topological polar surface area (TPSA) is 211 Å². The molecular weight excluding hydrogens is 837 g/mol. The standard InChI is InChI=1S/C51H72N8O7/c1-3-4-5-6-7-14-25-40-46(61)52-28-17-26-41(56-47(62)42(54-34(2)60)30-35-19-10-8-11-20-35)51(66)59-29-18-27-45(59)50(65)58-43(31-36-21-12-9-13-22-36)48(63)57-44(49(64)55-40)32-37-33-53-39-24-16-15-23-38(37)39/h8,10-11,15-16,19-20,23-24,33,36,40-45,53H,3-7,9,12-14,17-18,21-22,25-32H2,1-2H3,(H,52,61)(H,54,60)(H,55,64)(H,56,62)(H,57,63)(H,58,65)/t40-,41-,42-,43+,44-,45-/m0/s1. The van der Waals surface area contributed by atoms with Crippen molar-refractivity contribution in [3.05, 3.63) is 71.9 Å². The fourth-order valence-electron chi connectivity index (χ4n) is 9.91. The van der Waals surface area contributed by atoms with Crippen molar-refractivity contribution in [3.63, 3.8) is 0 Å². The number of rotatable bonds is 16. The van der Waals surface area contributed by atoms with E-state index in [-0.39, 0.29) is 50.6 Å². The van der Waals surface area contributed by atoms with Gasteiger partial charge in [-0.1, -0.05) is 126 Å². The van der Waals surface area contributed by atoms with Gasteiger partial charge in [0.1, 0.15) is 36.3 Å². The average Bonchev–Trinajstić information content (AvgIpc) is 3.98. The normalized spacial score (nSPS) is 23.4. The maximum Gasteiger partial charge on any atom is 0.245 e. The molecular formula is C51H72N8O7. The first kappa shape index (κ1) is 49.7. The number of aromatic amines is 1. The Hall–Kier alpha value is -5.73. The highest BCUT2D eigenvalue weighted by Crippen LogP contribution is 2.28. The van der Waals surface area contributed by atoms with E-state index >= 15 is 0 Å². The number of hydrogen-bond donors (Lipinski definition) is 7. The monoisotopic (exact) mass is 909 g/mol. The van der Waals surface area contributed by atoms with Gasteiger partial charge in [-0.15, -0.1) is 0 Å². The van der Waals surface area contributed by atoms with E-state index < -0.39 is 71.7 Å². The van der Waals surface area contributed by atoms with Gasteiger partial charge in [-0.05, 0) is 61.6 Å². The first-order valence-electron chi connectivity index (χ1n) is 24.7. The molecule has 0 spiro atoms. The van der Waals surface area contributed by atoms with Gasteiger partial charge < -0.3 is 41.8 Å². The van der Waals surface area contributed by atoms with Gasteiger partial charge in [0, 0.05) is 50.0 Å². The van der Waals surface area contributed by atoms with E-state index in [0.717, 1.165) is 86.2 Å². The molecule has 0 unspecified atom stereocenters. The van der Waals surface area contributed by atoms with Gasteiger partial charge in [-0.25, -0.2) is 0 Å².